The third-order valence-electron chi connectivity index (χ3n) is 3.61. The van der Waals surface area contributed by atoms with Gasteiger partial charge >= 0.3 is 18.1 Å². The van der Waals surface area contributed by atoms with E-state index in [2.05, 4.69) is 0 Å². The Kier molecular flexibility index (Phi) is 3.84. The van der Waals surface area contributed by atoms with Crippen LogP contribution in [0.15, 0.2) is 30.3 Å². The molecular formula is C14H16N2O5. The van der Waals surface area contributed by atoms with Gasteiger partial charge in [-0.15, -0.1) is 0 Å². The lowest BCUT2D eigenvalue weighted by Gasteiger charge is -2.24. The second-order valence-corrected chi connectivity index (χ2v) is 5.05. The number of hydrogen-bond acceptors (Lipinski definition) is 4. The van der Waals surface area contributed by atoms with Gasteiger partial charge in [0.1, 0.15) is 6.61 Å². The molecule has 1 unspecified atom stereocenters. The van der Waals surface area contributed by atoms with Crippen LogP contribution < -0.4 is 0 Å². The first kappa shape index (κ1) is 14.8. The van der Waals surface area contributed by atoms with E-state index in [-0.39, 0.29) is 13.2 Å². The highest BCUT2D eigenvalue weighted by molar-refractivity contribution is 5.98. The molecule has 1 N–H and O–H groups in total. The highest BCUT2D eigenvalue weighted by Gasteiger charge is 2.52. The van der Waals surface area contributed by atoms with Crippen LogP contribution in [0.25, 0.3) is 0 Å². The molecule has 1 fully saturated rings. The maximum atomic E-state index is 12.0. The number of benzene rings is 1. The first-order valence-electron chi connectivity index (χ1n) is 6.35. The van der Waals surface area contributed by atoms with Crippen LogP contribution in [0.5, 0.6) is 0 Å². The van der Waals surface area contributed by atoms with E-state index in [0.29, 0.717) is 0 Å². The Morgan fingerprint density at radius 3 is 2.48 bits per heavy atom. The predicted octanol–water partition coefficient (Wildman–Crippen LogP) is 1.53. The summed E-state index contributed by atoms with van der Waals surface area (Å²) in [5.41, 5.74) is -0.657. The van der Waals surface area contributed by atoms with E-state index in [1.165, 1.54) is 14.0 Å². The smallest absolute Gasteiger partial charge is 0.418 e. The van der Waals surface area contributed by atoms with Gasteiger partial charge in [0.2, 0.25) is 0 Å². The molecule has 1 saturated heterocycles. The Hall–Kier alpha value is -2.57. The lowest BCUT2D eigenvalue weighted by atomic mass is 10.0. The van der Waals surface area contributed by atoms with Gasteiger partial charge in [-0.25, -0.2) is 19.3 Å². The zero-order valence-corrected chi connectivity index (χ0v) is 11.8. The Morgan fingerprint density at radius 2 is 1.95 bits per heavy atom. The first-order valence-corrected chi connectivity index (χ1v) is 6.35. The number of likely N-dealkylation sites (N-methyl/N-ethyl adjacent to an activating group) is 1. The van der Waals surface area contributed by atoms with Crippen molar-refractivity contribution < 1.29 is 24.2 Å². The summed E-state index contributed by atoms with van der Waals surface area (Å²) in [5.74, 6) is -1.17. The minimum atomic E-state index is -1.44. The fourth-order valence-electron chi connectivity index (χ4n) is 2.02. The molecule has 0 aliphatic carbocycles. The van der Waals surface area contributed by atoms with Gasteiger partial charge in [-0.3, -0.25) is 0 Å². The summed E-state index contributed by atoms with van der Waals surface area (Å²) in [4.78, 5) is 37.0. The van der Waals surface area contributed by atoms with E-state index in [4.69, 9.17) is 4.74 Å². The van der Waals surface area contributed by atoms with Crippen molar-refractivity contribution in [3.05, 3.63) is 35.9 Å². The van der Waals surface area contributed by atoms with Gasteiger partial charge in [0.15, 0.2) is 5.54 Å². The summed E-state index contributed by atoms with van der Waals surface area (Å²) >= 11 is 0. The Bertz CT molecular complexity index is 574. The van der Waals surface area contributed by atoms with Gasteiger partial charge in [0.25, 0.3) is 0 Å². The average Bonchev–Trinajstić information content (AvgIpc) is 2.71. The van der Waals surface area contributed by atoms with Crippen molar-refractivity contribution in [1.29, 1.82) is 0 Å². The first-order chi connectivity index (χ1) is 9.86. The van der Waals surface area contributed by atoms with Crippen molar-refractivity contribution in [2.24, 2.45) is 0 Å². The van der Waals surface area contributed by atoms with E-state index in [1.807, 2.05) is 6.07 Å². The second kappa shape index (κ2) is 5.43. The number of imide groups is 1. The highest BCUT2D eigenvalue weighted by Crippen LogP contribution is 2.25. The lowest BCUT2D eigenvalue weighted by molar-refractivity contribution is -0.146. The number of carbonyl (C=O) groups is 3. The van der Waals surface area contributed by atoms with Crippen molar-refractivity contribution in [1.82, 2.24) is 9.80 Å². The predicted molar refractivity (Wildman–Crippen MR) is 72.5 cm³/mol. The average molecular weight is 292 g/mol. The third-order valence-corrected chi connectivity index (χ3v) is 3.61. The number of hydrogen-bond donors (Lipinski definition) is 1. The van der Waals surface area contributed by atoms with E-state index >= 15 is 0 Å². The fraction of sp³-hybridized carbons (Fsp3) is 0.357. The number of urea groups is 1. The molecule has 3 amide bonds. The Morgan fingerprint density at radius 1 is 1.33 bits per heavy atom. The van der Waals surface area contributed by atoms with Crippen LogP contribution in [-0.4, -0.2) is 52.1 Å². The van der Waals surface area contributed by atoms with E-state index in [9.17, 15) is 19.5 Å². The molecule has 0 aromatic heterocycles. The van der Waals surface area contributed by atoms with Gasteiger partial charge in [-0.05, 0) is 12.5 Å². The van der Waals surface area contributed by atoms with Crippen molar-refractivity contribution >= 4 is 18.1 Å². The van der Waals surface area contributed by atoms with Crippen molar-refractivity contribution in [3.63, 3.8) is 0 Å². The van der Waals surface area contributed by atoms with Crippen LogP contribution in [0.4, 0.5) is 9.59 Å². The SMILES string of the molecule is CN1C(=O)N(C(=O)OCc2ccccc2)CC1(C)C(=O)O. The second-order valence-electron chi connectivity index (χ2n) is 5.05. The maximum Gasteiger partial charge on any atom is 0.418 e. The molecular weight excluding hydrogens is 276 g/mol. The normalized spacial score (nSPS) is 21.5. The fourth-order valence-corrected chi connectivity index (χ4v) is 2.02. The molecule has 0 radical (unpaired) electrons. The molecule has 112 valence electrons. The van der Waals surface area contributed by atoms with Gasteiger partial charge in [-0.2, -0.15) is 0 Å². The zero-order chi connectivity index (χ0) is 15.6. The molecule has 0 bridgehead atoms. The van der Waals surface area contributed by atoms with E-state index < -0.39 is 23.6 Å². The quantitative estimate of drug-likeness (QED) is 0.913. The summed E-state index contributed by atoms with van der Waals surface area (Å²) in [5, 5.41) is 9.20. The molecule has 1 aromatic rings. The Labute approximate surface area is 121 Å². The molecule has 2 rings (SSSR count). The molecule has 7 heteroatoms. The number of carboxylic acid groups (broad SMARTS) is 1. The van der Waals surface area contributed by atoms with Gasteiger partial charge in [0, 0.05) is 7.05 Å². The summed E-state index contributed by atoms with van der Waals surface area (Å²) in [6, 6.07) is 8.33. The van der Waals surface area contributed by atoms with Gasteiger partial charge in [0.05, 0.1) is 6.54 Å². The number of carbonyl (C=O) groups excluding carboxylic acids is 2. The number of amides is 3. The highest BCUT2D eigenvalue weighted by atomic mass is 16.6. The van der Waals surface area contributed by atoms with Crippen LogP contribution in [-0.2, 0) is 16.1 Å². The summed E-state index contributed by atoms with van der Waals surface area (Å²) in [7, 11) is 1.35. The van der Waals surface area contributed by atoms with Crippen LogP contribution in [0.2, 0.25) is 0 Å². The third kappa shape index (κ3) is 2.67. The number of nitrogens with zero attached hydrogens (tertiary/aromatic N) is 2. The number of carboxylic acids is 1. The molecule has 1 aliphatic heterocycles. The molecule has 7 nitrogen and oxygen atoms in total. The van der Waals surface area contributed by atoms with E-state index in [0.717, 1.165) is 15.4 Å². The Balaban J connectivity index is 2.04. The van der Waals surface area contributed by atoms with Crippen molar-refractivity contribution in [2.75, 3.05) is 13.6 Å². The molecule has 21 heavy (non-hydrogen) atoms. The zero-order valence-electron chi connectivity index (χ0n) is 11.8. The minimum absolute atomic E-state index is 0.0248. The largest absolute Gasteiger partial charge is 0.479 e. The molecule has 1 atom stereocenters. The number of ether oxygens (including phenoxy) is 1. The molecule has 1 aliphatic rings. The van der Waals surface area contributed by atoms with E-state index in [1.54, 1.807) is 24.3 Å². The molecule has 1 aromatic carbocycles. The number of rotatable bonds is 3. The molecule has 0 spiro atoms. The number of aliphatic carboxylic acids is 1. The van der Waals surface area contributed by atoms with Crippen LogP contribution in [0, 0.1) is 0 Å². The summed E-state index contributed by atoms with van der Waals surface area (Å²) in [6.45, 7) is 1.17. The summed E-state index contributed by atoms with van der Waals surface area (Å²) in [6.07, 6.45) is -0.847. The molecule has 0 saturated carbocycles. The minimum Gasteiger partial charge on any atom is -0.479 e. The molecule has 1 heterocycles. The monoisotopic (exact) mass is 292 g/mol. The van der Waals surface area contributed by atoms with Crippen molar-refractivity contribution in [3.8, 4) is 0 Å². The van der Waals surface area contributed by atoms with Crippen molar-refractivity contribution in [2.45, 2.75) is 19.1 Å². The lowest BCUT2D eigenvalue weighted by Crippen LogP contribution is -2.48. The summed E-state index contributed by atoms with van der Waals surface area (Å²) < 4.78 is 5.05. The van der Waals surface area contributed by atoms with Gasteiger partial charge in [-0.1, -0.05) is 30.3 Å². The standard InChI is InChI=1S/C14H16N2O5/c1-14(11(17)18)9-16(12(19)15(14)2)13(20)21-8-10-6-4-3-5-7-10/h3-7H,8-9H2,1-2H3,(H,17,18). The van der Waals surface area contributed by atoms with Crippen LogP contribution >= 0.6 is 0 Å². The maximum absolute atomic E-state index is 12.0. The van der Waals surface area contributed by atoms with Crippen LogP contribution in [0.1, 0.15) is 12.5 Å². The van der Waals surface area contributed by atoms with Gasteiger partial charge < -0.3 is 14.7 Å². The topological polar surface area (TPSA) is 87.2 Å². The van der Waals surface area contributed by atoms with Crippen LogP contribution in [0.3, 0.4) is 0 Å².